The van der Waals surface area contributed by atoms with Gasteiger partial charge in [-0.25, -0.2) is 0 Å². The van der Waals surface area contributed by atoms with E-state index in [0.29, 0.717) is 5.41 Å². The second kappa shape index (κ2) is 6.81. The molecule has 118 valence electrons. The van der Waals surface area contributed by atoms with Crippen LogP contribution in [0.4, 0.5) is 0 Å². The monoisotopic (exact) mass is 279 g/mol. The average Bonchev–Trinajstić information content (AvgIpc) is 2.46. The summed E-state index contributed by atoms with van der Waals surface area (Å²) in [6.07, 6.45) is 11.6. The van der Waals surface area contributed by atoms with Gasteiger partial charge in [-0.1, -0.05) is 53.4 Å². The molecule has 3 atom stereocenters. The molecule has 0 heterocycles. The van der Waals surface area contributed by atoms with Gasteiger partial charge in [0.05, 0.1) is 0 Å². The van der Waals surface area contributed by atoms with Crippen LogP contribution in [0.15, 0.2) is 0 Å². The highest BCUT2D eigenvalue weighted by atomic mass is 14.9. The lowest BCUT2D eigenvalue weighted by Gasteiger charge is -2.49. The van der Waals surface area contributed by atoms with Gasteiger partial charge in [-0.2, -0.15) is 0 Å². The van der Waals surface area contributed by atoms with E-state index in [-0.39, 0.29) is 0 Å². The highest BCUT2D eigenvalue weighted by molar-refractivity contribution is 4.95. The largest absolute Gasteiger partial charge is 0.317 e. The van der Waals surface area contributed by atoms with E-state index >= 15 is 0 Å². The maximum atomic E-state index is 3.65. The Morgan fingerprint density at radius 2 is 1.65 bits per heavy atom. The van der Waals surface area contributed by atoms with Gasteiger partial charge in [0, 0.05) is 6.04 Å². The fourth-order valence-electron chi connectivity index (χ4n) is 5.21. The van der Waals surface area contributed by atoms with Crippen molar-refractivity contribution in [3.63, 3.8) is 0 Å². The van der Waals surface area contributed by atoms with E-state index < -0.39 is 0 Å². The quantitative estimate of drug-likeness (QED) is 0.741. The van der Waals surface area contributed by atoms with Crippen LogP contribution in [0.1, 0.15) is 79.1 Å². The normalized spacial score (nSPS) is 39.8. The molecule has 0 spiro atoms. The Hall–Kier alpha value is -0.0400. The van der Waals surface area contributed by atoms with Crippen molar-refractivity contribution in [2.24, 2.45) is 29.1 Å². The molecule has 0 bridgehead atoms. The minimum Gasteiger partial charge on any atom is -0.317 e. The number of nitrogens with one attached hydrogen (secondary N) is 1. The maximum Gasteiger partial charge on any atom is 0.0100 e. The Morgan fingerprint density at radius 1 is 1.00 bits per heavy atom. The zero-order chi connectivity index (χ0) is 14.8. The molecule has 0 aromatic heterocycles. The molecule has 0 aliphatic heterocycles. The molecule has 1 heteroatoms. The Kier molecular flexibility index (Phi) is 5.56. The van der Waals surface area contributed by atoms with Gasteiger partial charge in [0.2, 0.25) is 0 Å². The van der Waals surface area contributed by atoms with Crippen molar-refractivity contribution in [3.8, 4) is 0 Å². The first kappa shape index (κ1) is 16.3. The SMILES string of the molecule is CCC1CCC(C(C)(C)C2CCC(C)CC2NC)CC1. The summed E-state index contributed by atoms with van der Waals surface area (Å²) in [5, 5.41) is 3.65. The molecule has 0 saturated heterocycles. The van der Waals surface area contributed by atoms with Crippen molar-refractivity contribution in [1.29, 1.82) is 0 Å². The first-order valence-electron chi connectivity index (χ1n) is 9.16. The van der Waals surface area contributed by atoms with Gasteiger partial charge in [-0.15, -0.1) is 0 Å². The third-order valence-corrected chi connectivity index (χ3v) is 6.92. The maximum absolute atomic E-state index is 3.65. The number of rotatable bonds is 4. The second-order valence-corrected chi connectivity index (χ2v) is 8.37. The predicted octanol–water partition coefficient (Wildman–Crippen LogP) is 5.25. The van der Waals surface area contributed by atoms with Gasteiger partial charge < -0.3 is 5.32 Å². The fourth-order valence-corrected chi connectivity index (χ4v) is 5.21. The van der Waals surface area contributed by atoms with Crippen LogP contribution in [0.5, 0.6) is 0 Å². The van der Waals surface area contributed by atoms with Crippen LogP contribution in [-0.4, -0.2) is 13.1 Å². The Bertz CT molecular complexity index is 288. The van der Waals surface area contributed by atoms with Crippen LogP contribution < -0.4 is 5.32 Å². The van der Waals surface area contributed by atoms with E-state index in [2.05, 4.69) is 40.1 Å². The van der Waals surface area contributed by atoms with E-state index in [9.17, 15) is 0 Å². The first-order chi connectivity index (χ1) is 9.48. The molecular formula is C19H37N. The number of hydrogen-bond donors (Lipinski definition) is 1. The van der Waals surface area contributed by atoms with Crippen molar-refractivity contribution < 1.29 is 0 Å². The van der Waals surface area contributed by atoms with Crippen molar-refractivity contribution in [1.82, 2.24) is 5.32 Å². The van der Waals surface area contributed by atoms with E-state index in [1.165, 1.54) is 51.4 Å². The molecule has 0 aromatic rings. The molecule has 3 unspecified atom stereocenters. The Labute approximate surface area is 127 Å². The van der Waals surface area contributed by atoms with Crippen LogP contribution in [0.25, 0.3) is 0 Å². The van der Waals surface area contributed by atoms with E-state index in [1.807, 2.05) is 0 Å². The summed E-state index contributed by atoms with van der Waals surface area (Å²) in [6.45, 7) is 9.96. The summed E-state index contributed by atoms with van der Waals surface area (Å²) in [6, 6.07) is 0.748. The van der Waals surface area contributed by atoms with Gasteiger partial charge in [0.15, 0.2) is 0 Å². The second-order valence-electron chi connectivity index (χ2n) is 8.37. The van der Waals surface area contributed by atoms with Crippen LogP contribution >= 0.6 is 0 Å². The van der Waals surface area contributed by atoms with Crippen LogP contribution in [0, 0.1) is 29.1 Å². The molecule has 1 N–H and O–H groups in total. The van der Waals surface area contributed by atoms with Gasteiger partial charge in [0.1, 0.15) is 0 Å². The molecule has 0 aromatic carbocycles. The Balaban J connectivity index is 2.01. The zero-order valence-electron chi connectivity index (χ0n) is 14.5. The third kappa shape index (κ3) is 3.40. The van der Waals surface area contributed by atoms with Gasteiger partial charge in [0.25, 0.3) is 0 Å². The van der Waals surface area contributed by atoms with E-state index in [1.54, 1.807) is 0 Å². The standard InChI is InChI=1S/C19H37N/c1-6-15-8-10-16(11-9-15)19(3,4)17-12-7-14(2)13-18(17)20-5/h14-18,20H,6-13H2,1-5H3. The van der Waals surface area contributed by atoms with E-state index in [0.717, 1.165) is 29.7 Å². The van der Waals surface area contributed by atoms with Gasteiger partial charge in [-0.3, -0.25) is 0 Å². The summed E-state index contributed by atoms with van der Waals surface area (Å²) >= 11 is 0. The molecule has 2 saturated carbocycles. The van der Waals surface area contributed by atoms with Gasteiger partial charge >= 0.3 is 0 Å². The molecular weight excluding hydrogens is 242 g/mol. The molecule has 2 rings (SSSR count). The van der Waals surface area contributed by atoms with Crippen molar-refractivity contribution in [3.05, 3.63) is 0 Å². The topological polar surface area (TPSA) is 12.0 Å². The lowest BCUT2D eigenvalue weighted by atomic mass is 9.58. The zero-order valence-corrected chi connectivity index (χ0v) is 14.5. The summed E-state index contributed by atoms with van der Waals surface area (Å²) < 4.78 is 0. The molecule has 2 fully saturated rings. The summed E-state index contributed by atoms with van der Waals surface area (Å²) in [7, 11) is 2.18. The fraction of sp³-hybridized carbons (Fsp3) is 1.00. The van der Waals surface area contributed by atoms with Gasteiger partial charge in [-0.05, 0) is 61.8 Å². The van der Waals surface area contributed by atoms with Crippen molar-refractivity contribution >= 4 is 0 Å². The highest BCUT2D eigenvalue weighted by Gasteiger charge is 2.43. The smallest absolute Gasteiger partial charge is 0.0100 e. The highest BCUT2D eigenvalue weighted by Crippen LogP contribution is 2.50. The lowest BCUT2D eigenvalue weighted by Crippen LogP contribution is -2.48. The average molecular weight is 280 g/mol. The number of hydrogen-bond acceptors (Lipinski definition) is 1. The van der Waals surface area contributed by atoms with E-state index in [4.69, 9.17) is 0 Å². The molecule has 0 amide bonds. The molecule has 20 heavy (non-hydrogen) atoms. The Morgan fingerprint density at radius 3 is 2.20 bits per heavy atom. The van der Waals surface area contributed by atoms with Crippen LogP contribution in [0.3, 0.4) is 0 Å². The summed E-state index contributed by atoms with van der Waals surface area (Å²) in [5.41, 5.74) is 0.520. The predicted molar refractivity (Wildman–Crippen MR) is 88.9 cm³/mol. The molecule has 0 radical (unpaired) electrons. The minimum absolute atomic E-state index is 0.520. The molecule has 2 aliphatic carbocycles. The lowest BCUT2D eigenvalue weighted by molar-refractivity contribution is 0.0201. The minimum atomic E-state index is 0.520. The summed E-state index contributed by atoms with van der Waals surface area (Å²) in [5.74, 6) is 3.77. The molecule has 1 nitrogen and oxygen atoms in total. The van der Waals surface area contributed by atoms with Crippen molar-refractivity contribution in [2.45, 2.75) is 85.1 Å². The first-order valence-corrected chi connectivity index (χ1v) is 9.16. The van der Waals surface area contributed by atoms with Crippen molar-refractivity contribution in [2.75, 3.05) is 7.05 Å². The van der Waals surface area contributed by atoms with Crippen LogP contribution in [0.2, 0.25) is 0 Å². The molecule has 2 aliphatic rings. The summed E-state index contributed by atoms with van der Waals surface area (Å²) in [4.78, 5) is 0. The third-order valence-electron chi connectivity index (χ3n) is 6.92. The van der Waals surface area contributed by atoms with Crippen LogP contribution in [-0.2, 0) is 0 Å².